The number of benzene rings is 1. The Hall–Kier alpha value is -1.99. The van der Waals surface area contributed by atoms with E-state index in [9.17, 15) is 4.79 Å². The Morgan fingerprint density at radius 2 is 2.10 bits per heavy atom. The fourth-order valence-corrected chi connectivity index (χ4v) is 2.34. The quantitative estimate of drug-likeness (QED) is 0.875. The number of tetrazole rings is 1. The fraction of sp³-hybridized carbons (Fsp3) is 0.385. The Balaban J connectivity index is 0.00000161. The molecule has 1 saturated heterocycles. The summed E-state index contributed by atoms with van der Waals surface area (Å²) in [6.45, 7) is 4.42. The van der Waals surface area contributed by atoms with Crippen LogP contribution >= 0.6 is 12.4 Å². The highest BCUT2D eigenvalue weighted by molar-refractivity contribution is 5.94. The van der Waals surface area contributed by atoms with E-state index in [4.69, 9.17) is 0 Å². The molecule has 3 rings (SSSR count). The van der Waals surface area contributed by atoms with Crippen LogP contribution in [-0.2, 0) is 0 Å². The van der Waals surface area contributed by atoms with Crippen LogP contribution < -0.4 is 5.32 Å². The molecule has 2 aromatic rings. The van der Waals surface area contributed by atoms with Crippen LogP contribution in [0, 0.1) is 0 Å². The standard InChI is InChI=1S/C13H16N6O.ClH/c1-10-8-18(7-6-14-10)13(20)11-2-4-12(5-3-11)19-9-15-16-17-19;/h2-5,9-10,14H,6-8H2,1H3;1H/t10-;/m0./s1. The molecule has 1 aliphatic rings. The minimum atomic E-state index is 0. The van der Waals surface area contributed by atoms with Gasteiger partial charge in [0.1, 0.15) is 6.33 Å². The lowest BCUT2D eigenvalue weighted by Crippen LogP contribution is -2.51. The Morgan fingerprint density at radius 3 is 2.71 bits per heavy atom. The maximum Gasteiger partial charge on any atom is 0.253 e. The third kappa shape index (κ3) is 3.37. The van der Waals surface area contributed by atoms with Gasteiger partial charge in [0.15, 0.2) is 0 Å². The molecule has 7 nitrogen and oxygen atoms in total. The molecule has 8 heteroatoms. The van der Waals surface area contributed by atoms with Gasteiger partial charge in [-0.2, -0.15) is 0 Å². The van der Waals surface area contributed by atoms with Gasteiger partial charge in [-0.3, -0.25) is 4.79 Å². The highest BCUT2D eigenvalue weighted by Gasteiger charge is 2.21. The van der Waals surface area contributed by atoms with Crippen LogP contribution in [0.2, 0.25) is 0 Å². The van der Waals surface area contributed by atoms with Crippen molar-refractivity contribution in [2.45, 2.75) is 13.0 Å². The minimum absolute atomic E-state index is 0. The lowest BCUT2D eigenvalue weighted by Gasteiger charge is -2.32. The summed E-state index contributed by atoms with van der Waals surface area (Å²) >= 11 is 0. The summed E-state index contributed by atoms with van der Waals surface area (Å²) in [7, 11) is 0. The van der Waals surface area contributed by atoms with Crippen molar-refractivity contribution in [3.63, 3.8) is 0 Å². The molecular formula is C13H17ClN6O. The summed E-state index contributed by atoms with van der Waals surface area (Å²) in [4.78, 5) is 14.3. The van der Waals surface area contributed by atoms with Crippen molar-refractivity contribution in [3.8, 4) is 5.69 Å². The monoisotopic (exact) mass is 308 g/mol. The summed E-state index contributed by atoms with van der Waals surface area (Å²) in [5.74, 6) is 0.0709. The van der Waals surface area contributed by atoms with E-state index in [1.54, 1.807) is 4.68 Å². The average molecular weight is 309 g/mol. The first kappa shape index (κ1) is 15.4. The van der Waals surface area contributed by atoms with Gasteiger partial charge in [0.2, 0.25) is 0 Å². The summed E-state index contributed by atoms with van der Waals surface area (Å²) in [6, 6.07) is 7.65. The van der Waals surface area contributed by atoms with Gasteiger partial charge in [0.05, 0.1) is 5.69 Å². The lowest BCUT2D eigenvalue weighted by atomic mass is 10.1. The summed E-state index contributed by atoms with van der Waals surface area (Å²) in [5.41, 5.74) is 1.52. The molecule has 21 heavy (non-hydrogen) atoms. The van der Waals surface area contributed by atoms with Crippen LogP contribution in [0.15, 0.2) is 30.6 Å². The maximum atomic E-state index is 12.4. The van der Waals surface area contributed by atoms with E-state index in [1.165, 1.54) is 6.33 Å². The molecule has 1 aromatic carbocycles. The first-order chi connectivity index (χ1) is 9.74. The first-order valence-corrected chi connectivity index (χ1v) is 6.60. The predicted octanol–water partition coefficient (Wildman–Crippen LogP) is 0.518. The zero-order valence-corrected chi connectivity index (χ0v) is 12.5. The van der Waals surface area contributed by atoms with Crippen LogP contribution in [0.25, 0.3) is 5.69 Å². The van der Waals surface area contributed by atoms with Crippen LogP contribution in [0.4, 0.5) is 0 Å². The number of halogens is 1. The third-order valence-electron chi connectivity index (χ3n) is 3.38. The number of amides is 1. The number of piperazine rings is 1. The van der Waals surface area contributed by atoms with Gasteiger partial charge in [0.25, 0.3) is 5.91 Å². The van der Waals surface area contributed by atoms with Gasteiger partial charge in [-0.1, -0.05) is 0 Å². The van der Waals surface area contributed by atoms with Crippen molar-refractivity contribution in [2.75, 3.05) is 19.6 Å². The topological polar surface area (TPSA) is 75.9 Å². The number of carbonyl (C=O) groups excluding carboxylic acids is 1. The maximum absolute atomic E-state index is 12.4. The predicted molar refractivity (Wildman–Crippen MR) is 79.8 cm³/mol. The number of nitrogens with zero attached hydrogens (tertiary/aromatic N) is 5. The van der Waals surface area contributed by atoms with E-state index in [-0.39, 0.29) is 18.3 Å². The average Bonchev–Trinajstić information content (AvgIpc) is 3.01. The Morgan fingerprint density at radius 1 is 1.33 bits per heavy atom. The number of carbonyl (C=O) groups is 1. The van der Waals surface area contributed by atoms with Crippen molar-refractivity contribution in [2.24, 2.45) is 0 Å². The van der Waals surface area contributed by atoms with Gasteiger partial charge in [-0.05, 0) is 41.6 Å². The normalized spacial score (nSPS) is 18.1. The smallest absolute Gasteiger partial charge is 0.253 e. The van der Waals surface area contributed by atoms with E-state index in [1.807, 2.05) is 29.2 Å². The highest BCUT2D eigenvalue weighted by atomic mass is 35.5. The molecule has 0 unspecified atom stereocenters. The van der Waals surface area contributed by atoms with Gasteiger partial charge in [-0.25, -0.2) is 4.68 Å². The zero-order chi connectivity index (χ0) is 13.9. The zero-order valence-electron chi connectivity index (χ0n) is 11.6. The molecule has 1 atom stereocenters. The number of hydrogen-bond donors (Lipinski definition) is 1. The molecule has 1 amide bonds. The molecule has 0 saturated carbocycles. The molecule has 1 aromatic heterocycles. The highest BCUT2D eigenvalue weighted by Crippen LogP contribution is 2.11. The van der Waals surface area contributed by atoms with E-state index < -0.39 is 0 Å². The van der Waals surface area contributed by atoms with E-state index in [0.717, 1.165) is 25.3 Å². The fourth-order valence-electron chi connectivity index (χ4n) is 2.34. The van der Waals surface area contributed by atoms with E-state index >= 15 is 0 Å². The summed E-state index contributed by atoms with van der Waals surface area (Å²) in [6.07, 6.45) is 1.52. The van der Waals surface area contributed by atoms with Gasteiger partial charge < -0.3 is 10.2 Å². The molecule has 112 valence electrons. The Labute approximate surface area is 128 Å². The Kier molecular flexibility index (Phi) is 4.87. The number of rotatable bonds is 2. The molecule has 1 N–H and O–H groups in total. The second kappa shape index (κ2) is 6.64. The van der Waals surface area contributed by atoms with E-state index in [2.05, 4.69) is 27.8 Å². The van der Waals surface area contributed by atoms with Crippen molar-refractivity contribution >= 4 is 18.3 Å². The molecular weight excluding hydrogens is 292 g/mol. The molecule has 0 spiro atoms. The molecule has 1 fully saturated rings. The summed E-state index contributed by atoms with van der Waals surface area (Å²) < 4.78 is 1.56. The van der Waals surface area contributed by atoms with Gasteiger partial charge >= 0.3 is 0 Å². The molecule has 2 heterocycles. The molecule has 0 bridgehead atoms. The van der Waals surface area contributed by atoms with Gasteiger partial charge in [0, 0.05) is 31.2 Å². The number of nitrogens with one attached hydrogen (secondary N) is 1. The largest absolute Gasteiger partial charge is 0.336 e. The van der Waals surface area contributed by atoms with Crippen molar-refractivity contribution in [3.05, 3.63) is 36.2 Å². The molecule has 1 aliphatic heterocycles. The molecule has 0 aliphatic carbocycles. The minimum Gasteiger partial charge on any atom is -0.336 e. The SMILES string of the molecule is C[C@H]1CN(C(=O)c2ccc(-n3cnnn3)cc2)CCN1.Cl. The van der Waals surface area contributed by atoms with Crippen LogP contribution in [0.5, 0.6) is 0 Å². The second-order valence-electron chi connectivity index (χ2n) is 4.91. The van der Waals surface area contributed by atoms with Crippen LogP contribution in [0.1, 0.15) is 17.3 Å². The van der Waals surface area contributed by atoms with Crippen molar-refractivity contribution in [1.82, 2.24) is 30.4 Å². The molecule has 0 radical (unpaired) electrons. The van der Waals surface area contributed by atoms with Crippen molar-refractivity contribution < 1.29 is 4.79 Å². The summed E-state index contributed by atoms with van der Waals surface area (Å²) in [5, 5.41) is 14.3. The second-order valence-corrected chi connectivity index (χ2v) is 4.91. The van der Waals surface area contributed by atoms with E-state index in [0.29, 0.717) is 11.6 Å². The van der Waals surface area contributed by atoms with Crippen LogP contribution in [0.3, 0.4) is 0 Å². The van der Waals surface area contributed by atoms with Crippen molar-refractivity contribution in [1.29, 1.82) is 0 Å². The van der Waals surface area contributed by atoms with Gasteiger partial charge in [-0.15, -0.1) is 17.5 Å². The Bertz CT molecular complexity index is 585. The third-order valence-corrected chi connectivity index (χ3v) is 3.38. The number of aromatic nitrogens is 4. The van der Waals surface area contributed by atoms with Crippen LogP contribution in [-0.4, -0.2) is 56.7 Å². The first-order valence-electron chi connectivity index (χ1n) is 6.60. The number of hydrogen-bond acceptors (Lipinski definition) is 5. The lowest BCUT2D eigenvalue weighted by molar-refractivity contribution is 0.0709.